The van der Waals surface area contributed by atoms with Gasteiger partial charge in [0.05, 0.1) is 6.42 Å². The van der Waals surface area contributed by atoms with E-state index in [0.29, 0.717) is 15.6 Å². The fraction of sp³-hybridized carbons (Fsp3) is 0.222. The zero-order chi connectivity index (χ0) is 10.0. The molecule has 0 saturated carbocycles. The number of carboxylic acids is 1. The summed E-state index contributed by atoms with van der Waals surface area (Å²) in [5, 5.41) is 9.60. The third-order valence-corrected chi connectivity index (χ3v) is 2.57. The molecule has 0 aromatic heterocycles. The highest BCUT2D eigenvalue weighted by atomic mass is 35.5. The maximum atomic E-state index is 10.5. The van der Waals surface area contributed by atoms with Crippen LogP contribution in [0.15, 0.2) is 12.1 Å². The number of halogens is 2. The lowest BCUT2D eigenvalue weighted by Gasteiger charge is -2.06. The fourth-order valence-corrected chi connectivity index (χ4v) is 1.51. The summed E-state index contributed by atoms with van der Waals surface area (Å²) in [6.07, 6.45) is -0.0920. The van der Waals surface area contributed by atoms with Gasteiger partial charge in [0.15, 0.2) is 0 Å². The standard InChI is InChI=1S/C9H8Cl2O2/c1-5-6(4-9(12)13)8(11)3-2-7(5)10/h2-3H,4H2,1H3,(H,12,13). The largest absolute Gasteiger partial charge is 0.481 e. The van der Waals surface area contributed by atoms with Crippen LogP contribution >= 0.6 is 23.2 Å². The summed E-state index contributed by atoms with van der Waals surface area (Å²) in [7, 11) is 0. The summed E-state index contributed by atoms with van der Waals surface area (Å²) < 4.78 is 0. The molecule has 4 heteroatoms. The smallest absolute Gasteiger partial charge is 0.307 e. The van der Waals surface area contributed by atoms with Crippen LogP contribution in [-0.4, -0.2) is 11.1 Å². The zero-order valence-electron chi connectivity index (χ0n) is 6.97. The molecule has 0 fully saturated rings. The van der Waals surface area contributed by atoms with E-state index in [1.165, 1.54) is 0 Å². The molecule has 0 atom stereocenters. The normalized spacial score (nSPS) is 10.1. The van der Waals surface area contributed by atoms with Crippen molar-refractivity contribution in [1.29, 1.82) is 0 Å². The van der Waals surface area contributed by atoms with E-state index >= 15 is 0 Å². The van der Waals surface area contributed by atoms with Gasteiger partial charge in [0.2, 0.25) is 0 Å². The number of benzene rings is 1. The highest BCUT2D eigenvalue weighted by Gasteiger charge is 2.10. The van der Waals surface area contributed by atoms with Crippen molar-refractivity contribution >= 4 is 29.2 Å². The molecule has 1 rings (SSSR count). The minimum absolute atomic E-state index is 0.0920. The van der Waals surface area contributed by atoms with Crippen molar-refractivity contribution in [2.75, 3.05) is 0 Å². The van der Waals surface area contributed by atoms with Crippen LogP contribution in [0.4, 0.5) is 0 Å². The monoisotopic (exact) mass is 218 g/mol. The van der Waals surface area contributed by atoms with Gasteiger partial charge in [0.25, 0.3) is 0 Å². The minimum atomic E-state index is -0.910. The Bertz CT molecular complexity index is 348. The molecule has 0 spiro atoms. The summed E-state index contributed by atoms with van der Waals surface area (Å²) in [5.41, 5.74) is 1.32. The van der Waals surface area contributed by atoms with E-state index in [9.17, 15) is 4.79 Å². The molecule has 0 aliphatic heterocycles. The first-order valence-corrected chi connectivity index (χ1v) is 4.43. The first-order valence-electron chi connectivity index (χ1n) is 3.67. The first-order chi connectivity index (χ1) is 6.02. The van der Waals surface area contributed by atoms with Crippen molar-refractivity contribution in [1.82, 2.24) is 0 Å². The lowest BCUT2D eigenvalue weighted by Crippen LogP contribution is -2.03. The van der Waals surface area contributed by atoms with Gasteiger partial charge < -0.3 is 5.11 Å². The summed E-state index contributed by atoms with van der Waals surface area (Å²) in [6, 6.07) is 3.26. The molecule has 1 N–H and O–H groups in total. The van der Waals surface area contributed by atoms with Crippen molar-refractivity contribution in [3.05, 3.63) is 33.3 Å². The summed E-state index contributed by atoms with van der Waals surface area (Å²) in [6.45, 7) is 1.76. The van der Waals surface area contributed by atoms with Gasteiger partial charge >= 0.3 is 5.97 Å². The molecule has 0 radical (unpaired) electrons. The number of hydrogen-bond acceptors (Lipinski definition) is 1. The Kier molecular flexibility index (Phi) is 3.17. The van der Waals surface area contributed by atoms with Crippen molar-refractivity contribution in [3.63, 3.8) is 0 Å². The fourth-order valence-electron chi connectivity index (χ4n) is 1.06. The topological polar surface area (TPSA) is 37.3 Å². The molecule has 0 saturated heterocycles. The highest BCUT2D eigenvalue weighted by Crippen LogP contribution is 2.26. The van der Waals surface area contributed by atoms with Crippen molar-refractivity contribution < 1.29 is 9.90 Å². The Morgan fingerprint density at radius 3 is 2.46 bits per heavy atom. The number of hydrogen-bond donors (Lipinski definition) is 1. The Morgan fingerprint density at radius 1 is 1.38 bits per heavy atom. The van der Waals surface area contributed by atoms with E-state index in [2.05, 4.69) is 0 Å². The van der Waals surface area contributed by atoms with Gasteiger partial charge in [-0.05, 0) is 30.2 Å². The van der Waals surface area contributed by atoms with E-state index in [1.54, 1.807) is 19.1 Å². The maximum absolute atomic E-state index is 10.5. The molecule has 0 bridgehead atoms. The number of rotatable bonds is 2. The van der Waals surface area contributed by atoms with Crippen LogP contribution in [0.25, 0.3) is 0 Å². The van der Waals surface area contributed by atoms with E-state index in [-0.39, 0.29) is 6.42 Å². The molecule has 70 valence electrons. The average molecular weight is 219 g/mol. The van der Waals surface area contributed by atoms with E-state index < -0.39 is 5.97 Å². The Balaban J connectivity index is 3.17. The molecule has 1 aromatic carbocycles. The minimum Gasteiger partial charge on any atom is -0.481 e. The predicted molar refractivity (Wildman–Crippen MR) is 52.5 cm³/mol. The van der Waals surface area contributed by atoms with Crippen LogP contribution in [0, 0.1) is 6.92 Å². The van der Waals surface area contributed by atoms with Crippen molar-refractivity contribution in [3.8, 4) is 0 Å². The van der Waals surface area contributed by atoms with Gasteiger partial charge in [0.1, 0.15) is 0 Å². The number of carboxylic acid groups (broad SMARTS) is 1. The van der Waals surface area contributed by atoms with Gasteiger partial charge in [-0.15, -0.1) is 0 Å². The zero-order valence-corrected chi connectivity index (χ0v) is 8.49. The molecule has 0 aliphatic carbocycles. The SMILES string of the molecule is Cc1c(Cl)ccc(Cl)c1CC(=O)O. The van der Waals surface area contributed by atoms with Crippen LogP contribution in [-0.2, 0) is 11.2 Å². The Morgan fingerprint density at radius 2 is 1.92 bits per heavy atom. The number of carbonyl (C=O) groups is 1. The average Bonchev–Trinajstić information content (AvgIpc) is 2.05. The molecule has 0 heterocycles. The second-order valence-corrected chi connectivity index (χ2v) is 3.52. The lowest BCUT2D eigenvalue weighted by atomic mass is 10.1. The molecule has 0 aliphatic rings. The van der Waals surface area contributed by atoms with Gasteiger partial charge in [-0.3, -0.25) is 4.79 Å². The predicted octanol–water partition coefficient (Wildman–Crippen LogP) is 2.93. The molecule has 13 heavy (non-hydrogen) atoms. The molecular formula is C9H8Cl2O2. The lowest BCUT2D eigenvalue weighted by molar-refractivity contribution is -0.136. The molecule has 2 nitrogen and oxygen atoms in total. The summed E-state index contributed by atoms with van der Waals surface area (Å²) in [4.78, 5) is 10.5. The number of aliphatic carboxylic acids is 1. The van der Waals surface area contributed by atoms with Gasteiger partial charge in [-0.2, -0.15) is 0 Å². The molecule has 1 aromatic rings. The maximum Gasteiger partial charge on any atom is 0.307 e. The van der Waals surface area contributed by atoms with E-state index in [4.69, 9.17) is 28.3 Å². The van der Waals surface area contributed by atoms with Crippen molar-refractivity contribution in [2.24, 2.45) is 0 Å². The third kappa shape index (κ3) is 2.36. The second-order valence-electron chi connectivity index (χ2n) is 2.70. The van der Waals surface area contributed by atoms with Crippen LogP contribution in [0.1, 0.15) is 11.1 Å². The quantitative estimate of drug-likeness (QED) is 0.830. The van der Waals surface area contributed by atoms with Crippen molar-refractivity contribution in [2.45, 2.75) is 13.3 Å². The van der Waals surface area contributed by atoms with Crippen LogP contribution in [0.5, 0.6) is 0 Å². The molecule has 0 unspecified atom stereocenters. The molecule has 0 amide bonds. The third-order valence-electron chi connectivity index (χ3n) is 1.80. The Hall–Kier alpha value is -0.730. The van der Waals surface area contributed by atoms with Crippen LogP contribution < -0.4 is 0 Å². The van der Waals surface area contributed by atoms with E-state index in [0.717, 1.165) is 5.56 Å². The molecular weight excluding hydrogens is 211 g/mol. The van der Waals surface area contributed by atoms with E-state index in [1.807, 2.05) is 0 Å². The summed E-state index contributed by atoms with van der Waals surface area (Å²) in [5.74, 6) is -0.910. The first kappa shape index (κ1) is 10.4. The Labute approximate surface area is 86.1 Å². The van der Waals surface area contributed by atoms with Crippen LogP contribution in [0.2, 0.25) is 10.0 Å². The second kappa shape index (κ2) is 3.99. The van der Waals surface area contributed by atoms with Gasteiger partial charge in [-0.25, -0.2) is 0 Å². The highest BCUT2D eigenvalue weighted by molar-refractivity contribution is 6.34. The summed E-state index contributed by atoms with van der Waals surface area (Å²) >= 11 is 11.6. The van der Waals surface area contributed by atoms with Gasteiger partial charge in [-0.1, -0.05) is 23.2 Å². The van der Waals surface area contributed by atoms with Crippen LogP contribution in [0.3, 0.4) is 0 Å². The van der Waals surface area contributed by atoms with Gasteiger partial charge in [0, 0.05) is 10.0 Å².